The number of amides is 1. The zero-order chi connectivity index (χ0) is 22.8. The van der Waals surface area contributed by atoms with Crippen LogP contribution >= 0.6 is 0 Å². The number of likely N-dealkylation sites (tertiary alicyclic amines) is 1. The number of hydrogen-bond acceptors (Lipinski definition) is 3. The first-order chi connectivity index (χ1) is 16.1. The topological polar surface area (TPSA) is 43.8 Å². The van der Waals surface area contributed by atoms with Gasteiger partial charge >= 0.3 is 0 Å². The van der Waals surface area contributed by atoms with Crippen molar-refractivity contribution in [2.45, 2.75) is 50.7 Å². The van der Waals surface area contributed by atoms with Gasteiger partial charge in [0.05, 0.1) is 0 Å². The summed E-state index contributed by atoms with van der Waals surface area (Å²) >= 11 is 0. The van der Waals surface area contributed by atoms with Gasteiger partial charge in [0.1, 0.15) is 0 Å². The molecule has 4 nitrogen and oxygen atoms in total. The third-order valence-electron chi connectivity index (χ3n) is 8.67. The first kappa shape index (κ1) is 22.6. The normalized spacial score (nSPS) is 27.4. The van der Waals surface area contributed by atoms with Gasteiger partial charge in [0.2, 0.25) is 0 Å². The Bertz CT molecular complexity index is 913. The molecule has 1 aliphatic heterocycles. The number of piperidine rings is 1. The lowest BCUT2D eigenvalue weighted by Crippen LogP contribution is -2.52. The molecule has 1 N–H and O–H groups in total. The van der Waals surface area contributed by atoms with Crippen molar-refractivity contribution in [1.82, 2.24) is 9.80 Å². The van der Waals surface area contributed by atoms with Crippen LogP contribution in [0.1, 0.15) is 49.7 Å². The minimum atomic E-state index is -1.40. The molecule has 2 bridgehead atoms. The van der Waals surface area contributed by atoms with Crippen molar-refractivity contribution in [2.75, 3.05) is 26.7 Å². The lowest BCUT2D eigenvalue weighted by molar-refractivity contribution is -0.159. The van der Waals surface area contributed by atoms with Gasteiger partial charge < -0.3 is 10.0 Å². The maximum absolute atomic E-state index is 13.8. The van der Waals surface area contributed by atoms with Gasteiger partial charge in [0, 0.05) is 39.1 Å². The number of nitrogens with zero attached hydrogens (tertiary/aromatic N) is 2. The summed E-state index contributed by atoms with van der Waals surface area (Å²) in [5.41, 5.74) is 0.737. The number of carbonyl (C=O) groups is 1. The molecule has 0 radical (unpaired) electrons. The molecule has 33 heavy (non-hydrogen) atoms. The van der Waals surface area contributed by atoms with E-state index in [9.17, 15) is 9.90 Å². The fourth-order valence-corrected chi connectivity index (χ4v) is 6.96. The Morgan fingerprint density at radius 1 is 0.939 bits per heavy atom. The molecule has 0 aromatic heterocycles. The third kappa shape index (κ3) is 4.48. The molecule has 1 heterocycles. The zero-order valence-electron chi connectivity index (χ0n) is 19.9. The van der Waals surface area contributed by atoms with E-state index < -0.39 is 5.60 Å². The Kier molecular flexibility index (Phi) is 6.58. The molecular formula is C29H38N2O2. The summed E-state index contributed by atoms with van der Waals surface area (Å²) in [5, 5.41) is 11.9. The molecule has 2 saturated carbocycles. The molecule has 3 atom stereocenters. The highest BCUT2D eigenvalue weighted by atomic mass is 16.3. The molecule has 2 aromatic carbocycles. The SMILES string of the molecule is CN(CC1C2CCC1CN(Cc1ccccc1)C2)C(=O)C(O)(c1ccccc1)C1CCCC1. The Balaban J connectivity index is 1.28. The van der Waals surface area contributed by atoms with Crippen LogP contribution in [0.15, 0.2) is 60.7 Å². The highest BCUT2D eigenvalue weighted by molar-refractivity contribution is 5.86. The number of carbonyl (C=O) groups excluding carboxylic acids is 1. The molecule has 3 aliphatic rings. The van der Waals surface area contributed by atoms with Crippen molar-refractivity contribution in [2.24, 2.45) is 23.7 Å². The summed E-state index contributed by atoms with van der Waals surface area (Å²) < 4.78 is 0. The second-order valence-electron chi connectivity index (χ2n) is 10.7. The second kappa shape index (κ2) is 9.60. The van der Waals surface area contributed by atoms with Gasteiger partial charge in [-0.3, -0.25) is 9.69 Å². The van der Waals surface area contributed by atoms with E-state index in [0.717, 1.165) is 57.4 Å². The van der Waals surface area contributed by atoms with Crippen LogP contribution in [0, 0.1) is 23.7 Å². The van der Waals surface area contributed by atoms with Crippen LogP contribution in [-0.4, -0.2) is 47.5 Å². The van der Waals surface area contributed by atoms with E-state index in [1.165, 1.54) is 18.4 Å². The summed E-state index contributed by atoms with van der Waals surface area (Å²) in [4.78, 5) is 18.3. The smallest absolute Gasteiger partial charge is 0.259 e. The molecule has 4 heteroatoms. The third-order valence-corrected chi connectivity index (χ3v) is 8.67. The van der Waals surface area contributed by atoms with Gasteiger partial charge in [0.25, 0.3) is 5.91 Å². The minimum Gasteiger partial charge on any atom is -0.375 e. The van der Waals surface area contributed by atoms with Crippen molar-refractivity contribution in [3.63, 3.8) is 0 Å². The molecule has 0 spiro atoms. The van der Waals surface area contributed by atoms with Crippen LogP contribution in [0.5, 0.6) is 0 Å². The van der Waals surface area contributed by atoms with E-state index in [1.807, 2.05) is 42.3 Å². The summed E-state index contributed by atoms with van der Waals surface area (Å²) in [6.45, 7) is 4.01. The number of hydrogen-bond donors (Lipinski definition) is 1. The quantitative estimate of drug-likeness (QED) is 0.672. The number of fused-ring (bicyclic) bond motifs is 2. The number of likely N-dealkylation sites (N-methyl/N-ethyl adjacent to an activating group) is 1. The van der Waals surface area contributed by atoms with E-state index in [1.54, 1.807) is 0 Å². The lowest BCUT2D eigenvalue weighted by Gasteiger charge is -2.42. The molecule has 176 valence electrons. The van der Waals surface area contributed by atoms with Crippen LogP contribution in [-0.2, 0) is 16.9 Å². The van der Waals surface area contributed by atoms with Crippen LogP contribution < -0.4 is 0 Å². The lowest BCUT2D eigenvalue weighted by atomic mass is 9.78. The van der Waals surface area contributed by atoms with Crippen LogP contribution in [0.25, 0.3) is 0 Å². The summed E-state index contributed by atoms with van der Waals surface area (Å²) in [7, 11) is 1.92. The van der Waals surface area contributed by atoms with Gasteiger partial charge in [-0.25, -0.2) is 0 Å². The predicted octanol–water partition coefficient (Wildman–Crippen LogP) is 4.68. The summed E-state index contributed by atoms with van der Waals surface area (Å²) in [5.74, 6) is 1.72. The highest BCUT2D eigenvalue weighted by Crippen LogP contribution is 2.45. The number of benzene rings is 2. The average molecular weight is 447 g/mol. The maximum atomic E-state index is 13.8. The molecule has 1 saturated heterocycles. The van der Waals surface area contributed by atoms with Gasteiger partial charge in [-0.15, -0.1) is 0 Å². The van der Waals surface area contributed by atoms with Gasteiger partial charge in [-0.2, -0.15) is 0 Å². The van der Waals surface area contributed by atoms with E-state index in [2.05, 4.69) is 35.2 Å². The number of rotatable bonds is 7. The molecule has 1 amide bonds. The predicted molar refractivity (Wildman–Crippen MR) is 131 cm³/mol. The van der Waals surface area contributed by atoms with Crippen molar-refractivity contribution >= 4 is 5.91 Å². The van der Waals surface area contributed by atoms with Gasteiger partial charge in [-0.1, -0.05) is 73.5 Å². The minimum absolute atomic E-state index is 0.0132. The summed E-state index contributed by atoms with van der Waals surface area (Å²) in [6, 6.07) is 20.4. The summed E-state index contributed by atoms with van der Waals surface area (Å²) in [6.07, 6.45) is 6.56. The Morgan fingerprint density at radius 2 is 1.52 bits per heavy atom. The monoisotopic (exact) mass is 446 g/mol. The van der Waals surface area contributed by atoms with E-state index in [0.29, 0.717) is 17.8 Å². The van der Waals surface area contributed by atoms with Crippen molar-refractivity contribution in [1.29, 1.82) is 0 Å². The van der Waals surface area contributed by atoms with Crippen LogP contribution in [0.2, 0.25) is 0 Å². The zero-order valence-corrected chi connectivity index (χ0v) is 19.9. The Hall–Kier alpha value is -2.17. The standard InChI is InChI=1S/C29H38N2O2/c1-30(28(32)29(33,26-14-8-9-15-26)25-12-6-3-7-13-25)21-27-23-16-17-24(27)20-31(19-23)18-22-10-4-2-5-11-22/h2-7,10-13,23-24,26-27,33H,8-9,14-21H2,1H3. The van der Waals surface area contributed by atoms with E-state index in [4.69, 9.17) is 0 Å². The molecular weight excluding hydrogens is 408 g/mol. The average Bonchev–Trinajstić information content (AvgIpc) is 3.46. The van der Waals surface area contributed by atoms with E-state index >= 15 is 0 Å². The maximum Gasteiger partial charge on any atom is 0.259 e. The molecule has 5 rings (SSSR count). The number of aliphatic hydroxyl groups is 1. The fourth-order valence-electron chi connectivity index (χ4n) is 6.96. The Labute approximate surface area is 198 Å². The molecule has 2 aliphatic carbocycles. The van der Waals surface area contributed by atoms with Crippen molar-refractivity contribution in [3.8, 4) is 0 Å². The fraction of sp³-hybridized carbons (Fsp3) is 0.552. The van der Waals surface area contributed by atoms with E-state index in [-0.39, 0.29) is 11.8 Å². The van der Waals surface area contributed by atoms with Crippen molar-refractivity contribution in [3.05, 3.63) is 71.8 Å². The molecule has 3 fully saturated rings. The molecule has 2 aromatic rings. The van der Waals surface area contributed by atoms with Crippen molar-refractivity contribution < 1.29 is 9.90 Å². The first-order valence-corrected chi connectivity index (χ1v) is 12.9. The second-order valence-corrected chi connectivity index (χ2v) is 10.7. The van der Waals surface area contributed by atoms with Gasteiger partial charge in [0.15, 0.2) is 5.60 Å². The van der Waals surface area contributed by atoms with Crippen LogP contribution in [0.4, 0.5) is 0 Å². The largest absolute Gasteiger partial charge is 0.375 e. The van der Waals surface area contributed by atoms with Gasteiger partial charge in [-0.05, 0) is 54.6 Å². The highest BCUT2D eigenvalue weighted by Gasteiger charge is 2.49. The Morgan fingerprint density at radius 3 is 2.12 bits per heavy atom. The first-order valence-electron chi connectivity index (χ1n) is 12.9. The van der Waals surface area contributed by atoms with Crippen LogP contribution in [0.3, 0.4) is 0 Å². The molecule has 3 unspecified atom stereocenters.